The molecule has 0 bridgehead atoms. The second-order valence-corrected chi connectivity index (χ2v) is 6.87. The SMILES string of the molecule is N#C/C(=C/NC1CCCC1)C(=O)N1CCN(Cc2ccccc2)CC1. The van der Waals surface area contributed by atoms with E-state index in [1.807, 2.05) is 6.07 Å². The molecule has 1 saturated carbocycles. The van der Waals surface area contributed by atoms with E-state index < -0.39 is 0 Å². The Hall–Kier alpha value is -2.32. The molecule has 1 amide bonds. The second-order valence-electron chi connectivity index (χ2n) is 6.87. The van der Waals surface area contributed by atoms with Crippen LogP contribution in [0, 0.1) is 11.3 Å². The summed E-state index contributed by atoms with van der Waals surface area (Å²) in [7, 11) is 0. The molecule has 1 aliphatic heterocycles. The molecule has 25 heavy (non-hydrogen) atoms. The summed E-state index contributed by atoms with van der Waals surface area (Å²) in [5.74, 6) is -0.146. The zero-order valence-corrected chi connectivity index (χ0v) is 14.7. The van der Waals surface area contributed by atoms with Crippen LogP contribution in [0.15, 0.2) is 42.1 Å². The van der Waals surface area contributed by atoms with Gasteiger partial charge in [-0.05, 0) is 18.4 Å². The van der Waals surface area contributed by atoms with Gasteiger partial charge in [0.25, 0.3) is 5.91 Å². The van der Waals surface area contributed by atoms with Gasteiger partial charge in [0.05, 0.1) is 0 Å². The van der Waals surface area contributed by atoms with Gasteiger partial charge in [-0.15, -0.1) is 0 Å². The number of amides is 1. The summed E-state index contributed by atoms with van der Waals surface area (Å²) in [4.78, 5) is 16.7. The zero-order chi connectivity index (χ0) is 17.5. The van der Waals surface area contributed by atoms with Gasteiger partial charge < -0.3 is 10.2 Å². The summed E-state index contributed by atoms with van der Waals surface area (Å²) in [6.07, 6.45) is 6.34. The first kappa shape index (κ1) is 17.5. The molecule has 5 nitrogen and oxygen atoms in total. The molecule has 0 radical (unpaired) electrons. The maximum absolute atomic E-state index is 12.6. The number of nitrogens with zero attached hydrogens (tertiary/aromatic N) is 3. The van der Waals surface area contributed by atoms with Crippen molar-refractivity contribution in [2.45, 2.75) is 38.3 Å². The Balaban J connectivity index is 1.49. The fraction of sp³-hybridized carbons (Fsp3) is 0.500. The van der Waals surface area contributed by atoms with Crippen molar-refractivity contribution in [3.63, 3.8) is 0 Å². The lowest BCUT2D eigenvalue weighted by Gasteiger charge is -2.34. The molecule has 0 spiro atoms. The Labute approximate surface area is 149 Å². The smallest absolute Gasteiger partial charge is 0.266 e. The first-order valence-corrected chi connectivity index (χ1v) is 9.18. The summed E-state index contributed by atoms with van der Waals surface area (Å²) >= 11 is 0. The predicted octanol–water partition coefficient (Wildman–Crippen LogP) is 2.27. The Morgan fingerprint density at radius 3 is 2.48 bits per heavy atom. The molecule has 1 aliphatic carbocycles. The van der Waals surface area contributed by atoms with Crippen LogP contribution in [-0.2, 0) is 11.3 Å². The molecule has 132 valence electrons. The molecule has 5 heteroatoms. The third-order valence-corrected chi connectivity index (χ3v) is 5.08. The minimum Gasteiger partial charge on any atom is -0.387 e. The van der Waals surface area contributed by atoms with E-state index in [-0.39, 0.29) is 11.5 Å². The highest BCUT2D eigenvalue weighted by atomic mass is 16.2. The van der Waals surface area contributed by atoms with E-state index in [1.54, 1.807) is 11.1 Å². The third kappa shape index (κ3) is 4.83. The lowest BCUT2D eigenvalue weighted by Crippen LogP contribution is -2.48. The molecule has 0 aromatic heterocycles. The lowest BCUT2D eigenvalue weighted by molar-refractivity contribution is -0.128. The first-order chi connectivity index (χ1) is 12.3. The molecular weight excluding hydrogens is 312 g/mol. The Morgan fingerprint density at radius 2 is 1.84 bits per heavy atom. The third-order valence-electron chi connectivity index (χ3n) is 5.08. The maximum Gasteiger partial charge on any atom is 0.266 e. The number of hydrogen-bond donors (Lipinski definition) is 1. The number of nitrogens with one attached hydrogen (secondary N) is 1. The zero-order valence-electron chi connectivity index (χ0n) is 14.7. The molecule has 1 heterocycles. The average Bonchev–Trinajstić information content (AvgIpc) is 3.17. The minimum absolute atomic E-state index is 0.146. The molecule has 1 aromatic carbocycles. The summed E-state index contributed by atoms with van der Waals surface area (Å²) in [6, 6.07) is 12.9. The van der Waals surface area contributed by atoms with Crippen LogP contribution >= 0.6 is 0 Å². The van der Waals surface area contributed by atoms with Crippen LogP contribution in [-0.4, -0.2) is 47.9 Å². The van der Waals surface area contributed by atoms with Crippen molar-refractivity contribution in [1.82, 2.24) is 15.1 Å². The Kier molecular flexibility index (Phi) is 6.08. The highest BCUT2D eigenvalue weighted by Crippen LogP contribution is 2.18. The quantitative estimate of drug-likeness (QED) is 0.661. The van der Waals surface area contributed by atoms with E-state index in [0.717, 1.165) is 32.5 Å². The molecule has 1 saturated heterocycles. The summed E-state index contributed by atoms with van der Waals surface area (Å²) in [5, 5.41) is 12.6. The highest BCUT2D eigenvalue weighted by Gasteiger charge is 2.24. The number of hydrogen-bond acceptors (Lipinski definition) is 4. The van der Waals surface area contributed by atoms with Crippen molar-refractivity contribution in [3.8, 4) is 6.07 Å². The van der Waals surface area contributed by atoms with E-state index in [1.165, 1.54) is 18.4 Å². The number of rotatable bonds is 5. The van der Waals surface area contributed by atoms with Gasteiger partial charge in [-0.2, -0.15) is 5.26 Å². The van der Waals surface area contributed by atoms with Gasteiger partial charge in [-0.25, -0.2) is 0 Å². The normalized spacial score (nSPS) is 19.6. The van der Waals surface area contributed by atoms with Crippen LogP contribution in [0.1, 0.15) is 31.2 Å². The van der Waals surface area contributed by atoms with Crippen molar-refractivity contribution in [1.29, 1.82) is 5.26 Å². The van der Waals surface area contributed by atoms with Crippen molar-refractivity contribution in [3.05, 3.63) is 47.7 Å². The highest BCUT2D eigenvalue weighted by molar-refractivity contribution is 5.97. The van der Waals surface area contributed by atoms with Crippen LogP contribution < -0.4 is 5.32 Å². The predicted molar refractivity (Wildman–Crippen MR) is 97.4 cm³/mol. The average molecular weight is 338 g/mol. The van der Waals surface area contributed by atoms with Gasteiger partial charge in [0.2, 0.25) is 0 Å². The molecule has 2 aliphatic rings. The van der Waals surface area contributed by atoms with Gasteiger partial charge in [0.1, 0.15) is 11.6 Å². The van der Waals surface area contributed by atoms with Gasteiger partial charge in [-0.3, -0.25) is 9.69 Å². The molecule has 2 fully saturated rings. The van der Waals surface area contributed by atoms with E-state index >= 15 is 0 Å². The van der Waals surface area contributed by atoms with Crippen LogP contribution in [0.5, 0.6) is 0 Å². The molecule has 0 atom stereocenters. The summed E-state index contributed by atoms with van der Waals surface area (Å²) in [6.45, 7) is 3.94. The van der Waals surface area contributed by atoms with E-state index in [9.17, 15) is 10.1 Å². The second kappa shape index (κ2) is 8.68. The van der Waals surface area contributed by atoms with Gasteiger partial charge in [0, 0.05) is 45.0 Å². The number of carbonyl (C=O) groups is 1. The van der Waals surface area contributed by atoms with Crippen LogP contribution in [0.4, 0.5) is 0 Å². The van der Waals surface area contributed by atoms with Crippen molar-refractivity contribution in [2.75, 3.05) is 26.2 Å². The van der Waals surface area contributed by atoms with Crippen LogP contribution in [0.25, 0.3) is 0 Å². The standard InChI is InChI=1S/C20H26N4O/c21-14-18(15-22-19-8-4-5-9-19)20(25)24-12-10-23(11-13-24)16-17-6-2-1-3-7-17/h1-3,6-7,15,19,22H,4-5,8-13,16H2/b18-15-. The Bertz CT molecular complexity index is 635. The van der Waals surface area contributed by atoms with E-state index in [0.29, 0.717) is 19.1 Å². The van der Waals surface area contributed by atoms with Gasteiger partial charge in [0.15, 0.2) is 0 Å². The summed E-state index contributed by atoms with van der Waals surface area (Å²) < 4.78 is 0. The molecule has 0 unspecified atom stereocenters. The largest absolute Gasteiger partial charge is 0.387 e. The molecular formula is C20H26N4O. The maximum atomic E-state index is 12.6. The van der Waals surface area contributed by atoms with Crippen LogP contribution in [0.2, 0.25) is 0 Å². The van der Waals surface area contributed by atoms with Crippen molar-refractivity contribution in [2.24, 2.45) is 0 Å². The number of nitriles is 1. The minimum atomic E-state index is -0.146. The van der Waals surface area contributed by atoms with Crippen molar-refractivity contribution >= 4 is 5.91 Å². The molecule has 1 N–H and O–H groups in total. The fourth-order valence-electron chi connectivity index (χ4n) is 3.56. The topological polar surface area (TPSA) is 59.4 Å². The summed E-state index contributed by atoms with van der Waals surface area (Å²) in [5.41, 5.74) is 1.52. The molecule has 1 aromatic rings. The fourth-order valence-corrected chi connectivity index (χ4v) is 3.56. The van der Waals surface area contributed by atoms with Gasteiger partial charge >= 0.3 is 0 Å². The monoisotopic (exact) mass is 338 g/mol. The number of carbonyl (C=O) groups excluding carboxylic acids is 1. The molecule has 3 rings (SSSR count). The van der Waals surface area contributed by atoms with Gasteiger partial charge in [-0.1, -0.05) is 43.2 Å². The lowest BCUT2D eigenvalue weighted by atomic mass is 10.2. The van der Waals surface area contributed by atoms with Crippen LogP contribution in [0.3, 0.4) is 0 Å². The Morgan fingerprint density at radius 1 is 1.16 bits per heavy atom. The van der Waals surface area contributed by atoms with Crippen molar-refractivity contribution < 1.29 is 4.79 Å². The van der Waals surface area contributed by atoms with E-state index in [2.05, 4.69) is 40.6 Å². The first-order valence-electron chi connectivity index (χ1n) is 9.18. The number of benzene rings is 1. The van der Waals surface area contributed by atoms with E-state index in [4.69, 9.17) is 0 Å². The number of piperazine rings is 1.